The van der Waals surface area contributed by atoms with Crippen LogP contribution >= 0.6 is 0 Å². The van der Waals surface area contributed by atoms with Crippen molar-refractivity contribution < 1.29 is 12.3 Å². The zero-order valence-electron chi connectivity index (χ0n) is 5.73. The molecule has 1 amide bonds. The summed E-state index contributed by atoms with van der Waals surface area (Å²) in [7, 11) is 0. The van der Waals surface area contributed by atoms with Crippen molar-refractivity contribution in [2.45, 2.75) is 0 Å². The minimum atomic E-state index is -2.11. The highest BCUT2D eigenvalue weighted by Crippen LogP contribution is 1.79. The molecule has 0 saturated carbocycles. The van der Waals surface area contributed by atoms with Crippen LogP contribution in [-0.4, -0.2) is 25.6 Å². The number of carbonyl (C=O) groups excluding carboxylic acids is 1. The lowest BCUT2D eigenvalue weighted by Crippen LogP contribution is -2.36. The Balaban J connectivity index is 2.60. The molecule has 40 valence electrons. The molecule has 1 N–H and O–H groups in total. The van der Waals surface area contributed by atoms with Crippen LogP contribution in [0, 0.1) is 0 Å². The van der Waals surface area contributed by atoms with Crippen LogP contribution in [-0.2, 0) is 9.53 Å². The fraction of sp³-hybridized carbons (Fsp3) is 0.750. The number of hydrogen-bond donors (Lipinski definition) is 1. The molecule has 0 bridgehead atoms. The molecule has 1 heterocycles. The minimum absolute atomic E-state index is 0.249. The van der Waals surface area contributed by atoms with Crippen molar-refractivity contribution in [3.8, 4) is 0 Å². The molecule has 3 heteroatoms. The first kappa shape index (κ1) is 2.67. The normalized spacial score (nSPS) is 32.9. The molecule has 1 fully saturated rings. The molecule has 0 atom stereocenters. The lowest BCUT2D eigenvalue weighted by atomic mass is 10.5. The van der Waals surface area contributed by atoms with Gasteiger partial charge in [0.2, 0.25) is 5.91 Å². The quantitative estimate of drug-likeness (QED) is 0.433. The van der Waals surface area contributed by atoms with Crippen LogP contribution in [0.4, 0.5) is 0 Å². The Morgan fingerprint density at radius 1 is 2.00 bits per heavy atom. The zero-order valence-corrected chi connectivity index (χ0v) is 3.73. The highest BCUT2D eigenvalue weighted by molar-refractivity contribution is 5.77. The summed E-state index contributed by atoms with van der Waals surface area (Å²) in [6.45, 7) is -1.46. The Kier molecular flexibility index (Phi) is 0.736. The monoisotopic (exact) mass is 103 g/mol. The third-order valence-electron chi connectivity index (χ3n) is 0.655. The van der Waals surface area contributed by atoms with Gasteiger partial charge in [-0.1, -0.05) is 0 Å². The molecule has 0 aromatic carbocycles. The lowest BCUT2D eigenvalue weighted by molar-refractivity contribution is -0.128. The molecule has 1 aliphatic rings. The lowest BCUT2D eigenvalue weighted by Gasteiger charge is -2.10. The van der Waals surface area contributed by atoms with Gasteiger partial charge in [0.15, 0.2) is 0 Å². The molecule has 0 unspecified atom stereocenters. The van der Waals surface area contributed by atoms with E-state index in [1.165, 1.54) is 0 Å². The summed E-state index contributed by atoms with van der Waals surface area (Å²) in [5.74, 6) is -0.686. The van der Waals surface area contributed by atoms with Gasteiger partial charge in [-0.15, -0.1) is 0 Å². The molecule has 0 spiro atoms. The Bertz CT molecular complexity index is 137. The standard InChI is InChI=1S/C4H7NO2/c6-4-3-7-2-1-5-4/h1-3H2,(H,5,6)/i3D2. The molecule has 3 nitrogen and oxygen atoms in total. The summed E-state index contributed by atoms with van der Waals surface area (Å²) in [5.41, 5.74) is 0. The minimum Gasteiger partial charge on any atom is -0.370 e. The average molecular weight is 103 g/mol. The molecular formula is C4H7NO2. The molecule has 1 rings (SSSR count). The van der Waals surface area contributed by atoms with Crippen LogP contribution in [0.1, 0.15) is 2.74 Å². The maximum absolute atomic E-state index is 10.5. The Hall–Kier alpha value is -0.570. The summed E-state index contributed by atoms with van der Waals surface area (Å²) in [6.07, 6.45) is 0. The van der Waals surface area contributed by atoms with Crippen molar-refractivity contribution in [3.63, 3.8) is 0 Å². The molecule has 1 saturated heterocycles. The van der Waals surface area contributed by atoms with Gasteiger partial charge in [-0.25, -0.2) is 0 Å². The SMILES string of the molecule is [2H]C1([2H])OCCNC1=O. The van der Waals surface area contributed by atoms with Crippen molar-refractivity contribution in [2.75, 3.05) is 19.7 Å². The second kappa shape index (κ2) is 1.93. The number of hydrogen-bond acceptors (Lipinski definition) is 2. The first-order valence-corrected chi connectivity index (χ1v) is 2.05. The van der Waals surface area contributed by atoms with Gasteiger partial charge in [0.05, 0.1) is 9.35 Å². The molecule has 0 aliphatic carbocycles. The van der Waals surface area contributed by atoms with Crippen molar-refractivity contribution in [2.24, 2.45) is 0 Å². The van der Waals surface area contributed by atoms with Crippen LogP contribution in [0.15, 0.2) is 0 Å². The molecular weight excluding hydrogens is 94.0 g/mol. The predicted octanol–water partition coefficient (Wildman–Crippen LogP) is -0.867. The zero-order chi connectivity index (χ0) is 6.91. The maximum atomic E-state index is 10.5. The number of nitrogens with one attached hydrogen (secondary N) is 1. The van der Waals surface area contributed by atoms with E-state index in [4.69, 9.17) is 2.74 Å². The van der Waals surface area contributed by atoms with Crippen LogP contribution < -0.4 is 5.32 Å². The third-order valence-corrected chi connectivity index (χ3v) is 0.655. The smallest absolute Gasteiger partial charge is 0.246 e. The van der Waals surface area contributed by atoms with E-state index < -0.39 is 12.5 Å². The van der Waals surface area contributed by atoms with Gasteiger partial charge in [0, 0.05) is 6.54 Å². The van der Waals surface area contributed by atoms with Gasteiger partial charge >= 0.3 is 0 Å². The Labute approximate surface area is 44.5 Å². The second-order valence-corrected chi connectivity index (χ2v) is 1.21. The fourth-order valence-corrected chi connectivity index (χ4v) is 0.368. The number of morpholine rings is 1. The molecule has 0 aromatic heterocycles. The van der Waals surface area contributed by atoms with Gasteiger partial charge in [0.25, 0.3) is 0 Å². The Morgan fingerprint density at radius 2 is 2.86 bits per heavy atom. The predicted molar refractivity (Wildman–Crippen MR) is 23.8 cm³/mol. The summed E-state index contributed by atoms with van der Waals surface area (Å²) in [4.78, 5) is 10.5. The van der Waals surface area contributed by atoms with E-state index >= 15 is 0 Å². The number of rotatable bonds is 0. The van der Waals surface area contributed by atoms with Crippen LogP contribution in [0.2, 0.25) is 0 Å². The summed E-state index contributed by atoms with van der Waals surface area (Å²) >= 11 is 0. The van der Waals surface area contributed by atoms with Crippen molar-refractivity contribution >= 4 is 5.91 Å². The average Bonchev–Trinajstić information content (AvgIpc) is 1.77. The van der Waals surface area contributed by atoms with E-state index in [0.29, 0.717) is 6.54 Å². The molecule has 0 radical (unpaired) electrons. The van der Waals surface area contributed by atoms with Crippen molar-refractivity contribution in [3.05, 3.63) is 0 Å². The molecule has 0 aromatic rings. The number of amides is 1. The number of carbonyl (C=O) groups is 1. The summed E-state index contributed by atoms with van der Waals surface area (Å²) in [5, 5.41) is 2.33. The number of ether oxygens (including phenoxy) is 1. The largest absolute Gasteiger partial charge is 0.370 e. The van der Waals surface area contributed by atoms with Gasteiger partial charge < -0.3 is 10.1 Å². The maximum Gasteiger partial charge on any atom is 0.246 e. The highest BCUT2D eigenvalue weighted by atomic mass is 16.5. The van der Waals surface area contributed by atoms with Crippen LogP contribution in [0.25, 0.3) is 0 Å². The van der Waals surface area contributed by atoms with E-state index in [0.717, 1.165) is 0 Å². The Morgan fingerprint density at radius 3 is 3.29 bits per heavy atom. The van der Waals surface area contributed by atoms with Crippen molar-refractivity contribution in [1.82, 2.24) is 5.32 Å². The van der Waals surface area contributed by atoms with E-state index in [1.807, 2.05) is 0 Å². The topological polar surface area (TPSA) is 38.3 Å². The van der Waals surface area contributed by atoms with E-state index in [-0.39, 0.29) is 6.61 Å². The third kappa shape index (κ3) is 1.16. The van der Waals surface area contributed by atoms with E-state index in [1.54, 1.807) is 0 Å². The summed E-state index contributed by atoms with van der Waals surface area (Å²) in [6, 6.07) is 0. The van der Waals surface area contributed by atoms with Crippen molar-refractivity contribution in [1.29, 1.82) is 0 Å². The van der Waals surface area contributed by atoms with Crippen LogP contribution in [0.3, 0.4) is 0 Å². The van der Waals surface area contributed by atoms with E-state index in [2.05, 4.69) is 10.1 Å². The summed E-state index contributed by atoms with van der Waals surface area (Å²) < 4.78 is 18.2. The molecule has 1 aliphatic heterocycles. The van der Waals surface area contributed by atoms with Crippen LogP contribution in [0.5, 0.6) is 0 Å². The fourth-order valence-electron chi connectivity index (χ4n) is 0.368. The van der Waals surface area contributed by atoms with Gasteiger partial charge in [-0.05, 0) is 0 Å². The first-order valence-electron chi connectivity index (χ1n) is 3.05. The van der Waals surface area contributed by atoms with Gasteiger partial charge in [-0.3, -0.25) is 4.79 Å². The first-order chi connectivity index (χ1) is 4.13. The van der Waals surface area contributed by atoms with E-state index in [9.17, 15) is 4.79 Å². The van der Waals surface area contributed by atoms with Gasteiger partial charge in [0.1, 0.15) is 6.56 Å². The highest BCUT2D eigenvalue weighted by Gasteiger charge is 2.04. The van der Waals surface area contributed by atoms with Gasteiger partial charge in [-0.2, -0.15) is 0 Å². The molecule has 7 heavy (non-hydrogen) atoms. The second-order valence-electron chi connectivity index (χ2n) is 1.21.